The van der Waals surface area contributed by atoms with Crippen LogP contribution in [0.5, 0.6) is 0 Å². The number of para-hydroxylation sites is 4. The van der Waals surface area contributed by atoms with Crippen molar-refractivity contribution in [3.63, 3.8) is 0 Å². The molecule has 0 atom stereocenters. The summed E-state index contributed by atoms with van der Waals surface area (Å²) in [6.07, 6.45) is 0. The molecule has 0 radical (unpaired) electrons. The van der Waals surface area contributed by atoms with Crippen molar-refractivity contribution in [2.75, 3.05) is 9.80 Å². The Morgan fingerprint density at radius 1 is 0.289 bits per heavy atom. The quantitative estimate of drug-likeness (QED) is 0.133. The molecule has 2 aliphatic rings. The maximum absolute atomic E-state index is 2.68. The van der Waals surface area contributed by atoms with Crippen molar-refractivity contribution in [2.24, 2.45) is 0 Å². The Balaban J connectivity index is 1.08. The van der Waals surface area contributed by atoms with Crippen LogP contribution in [0.15, 0.2) is 303 Å². The molecule has 430 valence electrons. The van der Waals surface area contributed by atoms with Crippen molar-refractivity contribution < 1.29 is 0 Å². The molecule has 3 heterocycles. The van der Waals surface area contributed by atoms with E-state index >= 15 is 0 Å². The Labute approximate surface area is 529 Å². The first kappa shape index (κ1) is 54.7. The average molecular weight is 1150 g/mol. The van der Waals surface area contributed by atoms with Gasteiger partial charge in [0.05, 0.1) is 22.4 Å². The molecule has 13 aromatic carbocycles. The molecule has 4 heteroatoms. The van der Waals surface area contributed by atoms with Crippen molar-refractivity contribution in [2.45, 2.75) is 52.4 Å². The molecule has 0 N–H and O–H groups in total. The van der Waals surface area contributed by atoms with Gasteiger partial charge in [-0.15, -0.1) is 0 Å². The molecule has 14 aromatic rings. The molecular formula is C86H68BN3. The van der Waals surface area contributed by atoms with E-state index in [-0.39, 0.29) is 17.5 Å². The molecule has 0 saturated carbocycles. The Morgan fingerprint density at radius 3 is 1.16 bits per heavy atom. The van der Waals surface area contributed by atoms with E-state index in [1.54, 1.807) is 0 Å². The zero-order valence-electron chi connectivity index (χ0n) is 51.8. The molecule has 0 unspecified atom stereocenters. The fourth-order valence-corrected chi connectivity index (χ4v) is 14.7. The van der Waals surface area contributed by atoms with Crippen molar-refractivity contribution in [3.8, 4) is 72.4 Å². The van der Waals surface area contributed by atoms with Gasteiger partial charge >= 0.3 is 0 Å². The highest BCUT2D eigenvalue weighted by atomic mass is 15.2. The van der Waals surface area contributed by atoms with Crippen LogP contribution in [0.3, 0.4) is 0 Å². The van der Waals surface area contributed by atoms with Gasteiger partial charge in [-0.05, 0) is 131 Å². The SMILES string of the molecule is CC(C)(C)c1cc2c3c(c1)N(c1c(-c4ccccc4)cccc1-c1ccccc1)c1ccc(-c4cccc5c4c4ccccc4n5-c4ccccc4)cc1B3c1cc(-c3ccccc3C(C)(C)C)ccc1N2c1c(-c2ccccc2)cccc1-c1ccccc1. The topological polar surface area (TPSA) is 11.4 Å². The summed E-state index contributed by atoms with van der Waals surface area (Å²) in [5, 5.41) is 2.47. The second kappa shape index (κ2) is 21.6. The zero-order chi connectivity index (χ0) is 60.8. The number of anilines is 6. The third-order valence-electron chi connectivity index (χ3n) is 18.9. The predicted octanol–water partition coefficient (Wildman–Crippen LogP) is 21.5. The first-order valence-corrected chi connectivity index (χ1v) is 31.7. The average Bonchev–Trinajstić information content (AvgIpc) is 0.801. The Hall–Kier alpha value is -10.7. The predicted molar refractivity (Wildman–Crippen MR) is 385 cm³/mol. The van der Waals surface area contributed by atoms with Crippen molar-refractivity contribution in [1.82, 2.24) is 4.57 Å². The summed E-state index contributed by atoms with van der Waals surface area (Å²) >= 11 is 0. The first-order valence-electron chi connectivity index (χ1n) is 31.7. The molecule has 0 saturated heterocycles. The number of rotatable bonds is 9. The summed E-state index contributed by atoms with van der Waals surface area (Å²) in [6.45, 7) is 13.9. The molecule has 0 aliphatic carbocycles. The molecule has 16 rings (SSSR count). The molecule has 90 heavy (non-hydrogen) atoms. The van der Waals surface area contributed by atoms with Crippen LogP contribution in [0.1, 0.15) is 52.7 Å². The second-order valence-corrected chi connectivity index (χ2v) is 26.4. The largest absolute Gasteiger partial charge is 0.310 e. The van der Waals surface area contributed by atoms with Gasteiger partial charge in [-0.2, -0.15) is 0 Å². The molecule has 3 nitrogen and oxygen atoms in total. The monoisotopic (exact) mass is 1150 g/mol. The lowest BCUT2D eigenvalue weighted by molar-refractivity contribution is 0.590. The number of fused-ring (bicyclic) bond motifs is 7. The summed E-state index contributed by atoms with van der Waals surface area (Å²) < 4.78 is 2.44. The van der Waals surface area contributed by atoms with Crippen LogP contribution in [0.2, 0.25) is 0 Å². The van der Waals surface area contributed by atoms with Gasteiger partial charge in [0.25, 0.3) is 6.71 Å². The van der Waals surface area contributed by atoms with E-state index in [1.165, 1.54) is 82.9 Å². The van der Waals surface area contributed by atoms with Crippen molar-refractivity contribution >= 4 is 79.0 Å². The van der Waals surface area contributed by atoms with Gasteiger partial charge < -0.3 is 14.4 Å². The van der Waals surface area contributed by atoms with Crippen LogP contribution in [0.4, 0.5) is 34.1 Å². The van der Waals surface area contributed by atoms with Crippen LogP contribution in [-0.2, 0) is 10.8 Å². The van der Waals surface area contributed by atoms with Gasteiger partial charge in [-0.25, -0.2) is 0 Å². The highest BCUT2D eigenvalue weighted by Crippen LogP contribution is 2.54. The van der Waals surface area contributed by atoms with Gasteiger partial charge in [0.15, 0.2) is 0 Å². The van der Waals surface area contributed by atoms with Crippen LogP contribution in [0.25, 0.3) is 94.3 Å². The number of nitrogens with zero attached hydrogens (tertiary/aromatic N) is 3. The number of benzene rings is 13. The summed E-state index contributed by atoms with van der Waals surface area (Å²) in [6, 6.07) is 114. The molecule has 0 bridgehead atoms. The van der Waals surface area contributed by atoms with E-state index < -0.39 is 0 Å². The van der Waals surface area contributed by atoms with Crippen LogP contribution >= 0.6 is 0 Å². The third kappa shape index (κ3) is 9.03. The van der Waals surface area contributed by atoms with Gasteiger partial charge in [-0.1, -0.05) is 296 Å². The smallest absolute Gasteiger partial charge is 0.252 e. The minimum Gasteiger partial charge on any atom is -0.310 e. The van der Waals surface area contributed by atoms with Crippen molar-refractivity contribution in [1.29, 1.82) is 0 Å². The Kier molecular flexibility index (Phi) is 13.1. The maximum Gasteiger partial charge on any atom is 0.252 e. The lowest BCUT2D eigenvalue weighted by atomic mass is 9.33. The minimum absolute atomic E-state index is 0.110. The first-order chi connectivity index (χ1) is 44.0. The lowest BCUT2D eigenvalue weighted by Crippen LogP contribution is -2.61. The number of hydrogen-bond donors (Lipinski definition) is 0. The minimum atomic E-state index is -0.261. The van der Waals surface area contributed by atoms with E-state index in [0.29, 0.717) is 0 Å². The summed E-state index contributed by atoms with van der Waals surface area (Å²) in [5.41, 5.74) is 30.5. The summed E-state index contributed by atoms with van der Waals surface area (Å²) in [4.78, 5) is 5.36. The van der Waals surface area contributed by atoms with E-state index in [1.807, 2.05) is 0 Å². The van der Waals surface area contributed by atoms with Gasteiger partial charge in [0, 0.05) is 61.5 Å². The normalized spacial score (nSPS) is 12.7. The van der Waals surface area contributed by atoms with Crippen LogP contribution < -0.4 is 26.2 Å². The molecule has 0 fully saturated rings. The van der Waals surface area contributed by atoms with E-state index in [0.717, 1.165) is 72.9 Å². The van der Waals surface area contributed by atoms with Crippen molar-refractivity contribution in [3.05, 3.63) is 314 Å². The Morgan fingerprint density at radius 2 is 0.678 bits per heavy atom. The molecule has 1 aromatic heterocycles. The van der Waals surface area contributed by atoms with Crippen LogP contribution in [-0.4, -0.2) is 11.3 Å². The van der Waals surface area contributed by atoms with Gasteiger partial charge in [0.2, 0.25) is 0 Å². The standard InChI is InChI=1S/C86H68BN3/c1-85(2,3)63-55-79-82-80(56-63)90(84-69(59-33-16-9-17-34-59)44-27-45-70(84)60-35-18-10-19-36-60)77-52-50-62(66-41-28-48-78-81(66)71-40-23-25-47-75(71)88(78)64-37-20-11-21-38-64)54-74(77)87(82)73-53-61(65-39-22-24-46-72(65)86(4,5)6)49-51-76(73)89(79)83-67(57-29-12-7-13-30-57)42-26-43-68(83)58-31-14-8-15-32-58/h7-56H,1-6H3. The fraction of sp³-hybridized carbons (Fsp3) is 0.0930. The van der Waals surface area contributed by atoms with E-state index in [4.69, 9.17) is 0 Å². The number of hydrogen-bond acceptors (Lipinski definition) is 2. The van der Waals surface area contributed by atoms with E-state index in [9.17, 15) is 0 Å². The summed E-state index contributed by atoms with van der Waals surface area (Å²) in [7, 11) is 0. The highest BCUT2D eigenvalue weighted by molar-refractivity contribution is 7.00. The molecule has 2 aliphatic heterocycles. The summed E-state index contributed by atoms with van der Waals surface area (Å²) in [5.74, 6) is 0. The van der Waals surface area contributed by atoms with Crippen LogP contribution in [0, 0.1) is 0 Å². The number of aromatic nitrogens is 1. The van der Waals surface area contributed by atoms with Gasteiger partial charge in [-0.3, -0.25) is 0 Å². The molecule has 0 amide bonds. The molecule has 0 spiro atoms. The highest BCUT2D eigenvalue weighted by Gasteiger charge is 2.46. The van der Waals surface area contributed by atoms with E-state index in [2.05, 4.69) is 359 Å². The Bertz CT molecular complexity index is 4940. The molecular weight excluding hydrogens is 1090 g/mol. The zero-order valence-corrected chi connectivity index (χ0v) is 51.8. The third-order valence-corrected chi connectivity index (χ3v) is 18.9. The lowest BCUT2D eigenvalue weighted by Gasteiger charge is -2.46. The maximum atomic E-state index is 2.68. The second-order valence-electron chi connectivity index (χ2n) is 26.4. The fourth-order valence-electron chi connectivity index (χ4n) is 14.7. The van der Waals surface area contributed by atoms with Gasteiger partial charge in [0.1, 0.15) is 0 Å².